The topological polar surface area (TPSA) is 158 Å². The van der Waals surface area contributed by atoms with Crippen LogP contribution in [0.3, 0.4) is 0 Å². The van der Waals surface area contributed by atoms with Crippen LogP contribution < -0.4 is 24.8 Å². The van der Waals surface area contributed by atoms with Gasteiger partial charge >= 0.3 is 12.0 Å². The second kappa shape index (κ2) is 10.5. The highest BCUT2D eigenvalue weighted by Gasteiger charge is 2.23. The molecule has 0 fully saturated rings. The number of carbonyl (C=O) groups is 2. The maximum absolute atomic E-state index is 12.9. The van der Waals surface area contributed by atoms with E-state index in [1.807, 2.05) is 4.72 Å². The van der Waals surface area contributed by atoms with Crippen LogP contribution in [-0.4, -0.2) is 51.7 Å². The standard InChI is InChI=1S/C18H23N5O7S/c1-11(24)30-10-13-6-5-12(9-19-2)7-14(13)31(26,27)23-18(25)22-17-20-15(28-3)8-16(21-17)29-4/h5-8,19H,9-10H2,1-4H3,(H2,20,21,22,23,25). The van der Waals surface area contributed by atoms with Crippen LogP contribution in [0.5, 0.6) is 11.8 Å². The van der Waals surface area contributed by atoms with E-state index in [-0.39, 0.29) is 34.8 Å². The average molecular weight is 453 g/mol. The molecule has 0 atom stereocenters. The van der Waals surface area contributed by atoms with E-state index < -0.39 is 22.0 Å². The molecule has 0 bridgehead atoms. The van der Waals surface area contributed by atoms with Crippen LogP contribution in [0.4, 0.5) is 10.7 Å². The van der Waals surface area contributed by atoms with Gasteiger partial charge in [0.1, 0.15) is 6.61 Å². The molecule has 1 heterocycles. The fourth-order valence-electron chi connectivity index (χ4n) is 2.43. The van der Waals surface area contributed by atoms with Crippen LogP contribution in [0, 0.1) is 0 Å². The van der Waals surface area contributed by atoms with Crippen LogP contribution in [0.25, 0.3) is 0 Å². The van der Waals surface area contributed by atoms with Gasteiger partial charge in [-0.3, -0.25) is 10.1 Å². The average Bonchev–Trinajstić information content (AvgIpc) is 2.72. The fraction of sp³-hybridized carbons (Fsp3) is 0.333. The number of nitrogens with one attached hydrogen (secondary N) is 3. The van der Waals surface area contributed by atoms with Crippen LogP contribution >= 0.6 is 0 Å². The highest BCUT2D eigenvalue weighted by atomic mass is 32.2. The lowest BCUT2D eigenvalue weighted by molar-refractivity contribution is -0.142. The van der Waals surface area contributed by atoms with Crippen molar-refractivity contribution in [3.8, 4) is 11.8 Å². The van der Waals surface area contributed by atoms with E-state index in [1.54, 1.807) is 13.1 Å². The Balaban J connectivity index is 2.28. The van der Waals surface area contributed by atoms with Crippen LogP contribution in [0.2, 0.25) is 0 Å². The second-order valence-corrected chi connectivity index (χ2v) is 7.74. The number of hydrogen-bond acceptors (Lipinski definition) is 10. The third-order valence-electron chi connectivity index (χ3n) is 3.78. The number of amides is 2. The number of anilines is 1. The van der Waals surface area contributed by atoms with Crippen LogP contribution in [0.15, 0.2) is 29.2 Å². The lowest BCUT2D eigenvalue weighted by Crippen LogP contribution is -2.35. The van der Waals surface area contributed by atoms with Crippen molar-refractivity contribution < 1.29 is 32.2 Å². The number of hydrogen-bond donors (Lipinski definition) is 3. The minimum atomic E-state index is -4.33. The Bertz CT molecular complexity index is 1040. The summed E-state index contributed by atoms with van der Waals surface area (Å²) in [6.45, 7) is 1.32. The molecule has 13 heteroatoms. The van der Waals surface area contributed by atoms with Gasteiger partial charge in [-0.15, -0.1) is 0 Å². The molecule has 0 radical (unpaired) electrons. The van der Waals surface area contributed by atoms with Gasteiger partial charge in [0.2, 0.25) is 17.7 Å². The number of carbonyl (C=O) groups excluding carboxylic acids is 2. The molecule has 168 valence electrons. The molecule has 2 rings (SSSR count). The zero-order valence-electron chi connectivity index (χ0n) is 17.4. The minimum absolute atomic E-state index is 0.105. The molecule has 3 N–H and O–H groups in total. The van der Waals surface area contributed by atoms with Gasteiger partial charge in [-0.05, 0) is 18.7 Å². The minimum Gasteiger partial charge on any atom is -0.481 e. The normalized spacial score (nSPS) is 10.8. The van der Waals surface area contributed by atoms with E-state index >= 15 is 0 Å². The van der Waals surface area contributed by atoms with E-state index in [1.165, 1.54) is 39.3 Å². The van der Waals surface area contributed by atoms with Gasteiger partial charge in [0.15, 0.2) is 0 Å². The van der Waals surface area contributed by atoms with Gasteiger partial charge in [-0.1, -0.05) is 12.1 Å². The predicted molar refractivity (Wildman–Crippen MR) is 109 cm³/mol. The first-order valence-corrected chi connectivity index (χ1v) is 10.4. The van der Waals surface area contributed by atoms with E-state index in [4.69, 9.17) is 14.2 Å². The molecule has 0 aliphatic carbocycles. The maximum atomic E-state index is 12.9. The fourth-order valence-corrected chi connectivity index (χ4v) is 3.62. The van der Waals surface area contributed by atoms with E-state index in [0.717, 1.165) is 0 Å². The van der Waals surface area contributed by atoms with Crippen molar-refractivity contribution in [2.45, 2.75) is 25.0 Å². The third-order valence-corrected chi connectivity index (χ3v) is 5.20. The first-order chi connectivity index (χ1) is 14.7. The summed E-state index contributed by atoms with van der Waals surface area (Å²) in [7, 11) is 0.0939. The van der Waals surface area contributed by atoms with Crippen LogP contribution in [0.1, 0.15) is 18.1 Å². The summed E-state index contributed by atoms with van der Waals surface area (Å²) in [5, 5.41) is 5.12. The summed E-state index contributed by atoms with van der Waals surface area (Å²) in [4.78, 5) is 31.1. The third kappa shape index (κ3) is 6.79. The van der Waals surface area contributed by atoms with E-state index in [9.17, 15) is 18.0 Å². The van der Waals surface area contributed by atoms with Gasteiger partial charge in [0, 0.05) is 19.0 Å². The summed E-state index contributed by atoms with van der Waals surface area (Å²) in [5.41, 5.74) is 0.852. The molecule has 0 aliphatic rings. The maximum Gasteiger partial charge on any atom is 0.335 e. The SMILES string of the molecule is CNCc1ccc(COC(C)=O)c(S(=O)(=O)NC(=O)Nc2nc(OC)cc(OC)n2)c1. The molecular formula is C18H23N5O7S. The molecule has 1 aromatic carbocycles. The summed E-state index contributed by atoms with van der Waals surface area (Å²) in [6.07, 6.45) is 0. The van der Waals surface area contributed by atoms with Crippen LogP contribution in [-0.2, 0) is 32.7 Å². The molecule has 1 aromatic heterocycles. The summed E-state index contributed by atoms with van der Waals surface area (Å²) in [5.74, 6) is -0.590. The van der Waals surface area contributed by atoms with Crippen molar-refractivity contribution in [1.29, 1.82) is 0 Å². The number of nitrogens with zero attached hydrogens (tertiary/aromatic N) is 2. The number of rotatable bonds is 9. The number of benzene rings is 1. The first kappa shape index (κ1) is 23.8. The second-order valence-electron chi connectivity index (χ2n) is 6.09. The smallest absolute Gasteiger partial charge is 0.335 e. The Morgan fingerprint density at radius 2 is 1.71 bits per heavy atom. The van der Waals surface area contributed by atoms with Gasteiger partial charge in [-0.2, -0.15) is 9.97 Å². The molecule has 0 aliphatic heterocycles. The molecule has 0 unspecified atom stereocenters. The number of methoxy groups -OCH3 is 2. The zero-order chi connectivity index (χ0) is 23.0. The largest absolute Gasteiger partial charge is 0.481 e. The van der Waals surface area contributed by atoms with Gasteiger partial charge in [0.05, 0.1) is 25.2 Å². The summed E-state index contributed by atoms with van der Waals surface area (Å²) in [6, 6.07) is 4.86. The molecule has 12 nitrogen and oxygen atoms in total. The molecule has 31 heavy (non-hydrogen) atoms. The number of sulfonamides is 1. The van der Waals surface area contributed by atoms with Crippen molar-refractivity contribution >= 4 is 28.0 Å². The Labute approximate surface area is 179 Å². The van der Waals surface area contributed by atoms with Crippen molar-refractivity contribution in [1.82, 2.24) is 20.0 Å². The number of aromatic nitrogens is 2. The molecule has 0 saturated heterocycles. The zero-order valence-corrected chi connectivity index (χ0v) is 18.2. The molecule has 0 saturated carbocycles. The summed E-state index contributed by atoms with van der Waals surface area (Å²) >= 11 is 0. The van der Waals surface area contributed by atoms with Gasteiger partial charge in [-0.25, -0.2) is 17.9 Å². The molecular weight excluding hydrogens is 430 g/mol. The lowest BCUT2D eigenvalue weighted by Gasteiger charge is -2.14. The Morgan fingerprint density at radius 3 is 2.26 bits per heavy atom. The lowest BCUT2D eigenvalue weighted by atomic mass is 10.1. The number of ether oxygens (including phenoxy) is 3. The van der Waals surface area contributed by atoms with E-state index in [0.29, 0.717) is 12.1 Å². The Kier molecular flexibility index (Phi) is 8.10. The highest BCUT2D eigenvalue weighted by molar-refractivity contribution is 7.90. The number of esters is 1. The van der Waals surface area contributed by atoms with Crippen molar-refractivity contribution in [3.63, 3.8) is 0 Å². The quantitative estimate of drug-likeness (QED) is 0.463. The van der Waals surface area contributed by atoms with Crippen molar-refractivity contribution in [3.05, 3.63) is 35.4 Å². The van der Waals surface area contributed by atoms with Gasteiger partial charge in [0.25, 0.3) is 10.0 Å². The molecule has 0 spiro atoms. The number of urea groups is 1. The van der Waals surface area contributed by atoms with E-state index in [2.05, 4.69) is 20.6 Å². The van der Waals surface area contributed by atoms with Crippen molar-refractivity contribution in [2.24, 2.45) is 0 Å². The predicted octanol–water partition coefficient (Wildman–Crippen LogP) is 0.787. The molecule has 2 aromatic rings. The van der Waals surface area contributed by atoms with Crippen molar-refractivity contribution in [2.75, 3.05) is 26.6 Å². The monoisotopic (exact) mass is 453 g/mol. The first-order valence-electron chi connectivity index (χ1n) is 8.89. The van der Waals surface area contributed by atoms with Gasteiger partial charge < -0.3 is 19.5 Å². The highest BCUT2D eigenvalue weighted by Crippen LogP contribution is 2.20. The Hall–Kier alpha value is -3.45. The Morgan fingerprint density at radius 1 is 1.06 bits per heavy atom. The molecule has 2 amide bonds. The summed E-state index contributed by atoms with van der Waals surface area (Å²) < 4.78 is 42.5.